The van der Waals surface area contributed by atoms with Crippen molar-refractivity contribution in [1.82, 2.24) is 14.3 Å². The topological polar surface area (TPSA) is 106 Å². The first-order valence-electron chi connectivity index (χ1n) is 6.53. The minimum atomic E-state index is -0.777. The Labute approximate surface area is 116 Å². The van der Waals surface area contributed by atoms with E-state index in [4.69, 9.17) is 5.11 Å². The minimum Gasteiger partial charge on any atom is -0.481 e. The van der Waals surface area contributed by atoms with Gasteiger partial charge in [0.05, 0.1) is 0 Å². The van der Waals surface area contributed by atoms with Crippen LogP contribution in [0.2, 0.25) is 0 Å². The Morgan fingerprint density at radius 2 is 1.85 bits per heavy atom. The standard InChI is InChI=1S/C12H20N4O4/c1-15-11(19)10(14-16(2)12(15)20)13-8-6-4-3-5-7-9(17)18/h3-8H2,1-2H3,(H,13,14)(H,17,18). The van der Waals surface area contributed by atoms with E-state index in [-0.39, 0.29) is 12.2 Å². The van der Waals surface area contributed by atoms with Crippen molar-refractivity contribution in [3.8, 4) is 0 Å². The molecular formula is C12H20N4O4. The van der Waals surface area contributed by atoms with E-state index in [1.807, 2.05) is 0 Å². The minimum absolute atomic E-state index is 0.153. The van der Waals surface area contributed by atoms with Crippen LogP contribution < -0.4 is 16.6 Å². The van der Waals surface area contributed by atoms with Gasteiger partial charge in [0.2, 0.25) is 5.82 Å². The van der Waals surface area contributed by atoms with Crippen LogP contribution in [0.4, 0.5) is 5.82 Å². The predicted octanol–water partition coefficient (Wildman–Crippen LogP) is -0.0740. The summed E-state index contributed by atoms with van der Waals surface area (Å²) in [4.78, 5) is 33.5. The second-order valence-electron chi connectivity index (χ2n) is 4.60. The third-order valence-corrected chi connectivity index (χ3v) is 2.93. The number of carbonyl (C=O) groups is 1. The molecule has 1 aromatic heterocycles. The Morgan fingerprint density at radius 3 is 2.50 bits per heavy atom. The largest absolute Gasteiger partial charge is 0.481 e. The molecule has 112 valence electrons. The number of rotatable bonds is 8. The van der Waals surface area contributed by atoms with E-state index in [1.54, 1.807) is 0 Å². The van der Waals surface area contributed by atoms with Crippen LogP contribution >= 0.6 is 0 Å². The third kappa shape index (κ3) is 4.52. The normalized spacial score (nSPS) is 10.5. The Bertz CT molecular complexity index is 576. The first-order chi connectivity index (χ1) is 9.43. The fraction of sp³-hybridized carbons (Fsp3) is 0.667. The number of carboxylic acids is 1. The zero-order valence-electron chi connectivity index (χ0n) is 11.8. The summed E-state index contributed by atoms with van der Waals surface area (Å²) < 4.78 is 2.11. The van der Waals surface area contributed by atoms with E-state index >= 15 is 0 Å². The maximum atomic E-state index is 11.7. The molecule has 0 spiro atoms. The molecule has 2 N–H and O–H groups in total. The van der Waals surface area contributed by atoms with Crippen LogP contribution in [0.1, 0.15) is 32.1 Å². The second kappa shape index (κ2) is 7.46. The molecule has 20 heavy (non-hydrogen) atoms. The zero-order valence-corrected chi connectivity index (χ0v) is 11.8. The van der Waals surface area contributed by atoms with Crippen molar-refractivity contribution in [2.75, 3.05) is 11.9 Å². The van der Waals surface area contributed by atoms with E-state index in [2.05, 4.69) is 10.4 Å². The van der Waals surface area contributed by atoms with Crippen molar-refractivity contribution < 1.29 is 9.90 Å². The monoisotopic (exact) mass is 284 g/mol. The molecule has 0 fully saturated rings. The van der Waals surface area contributed by atoms with Gasteiger partial charge in [-0.25, -0.2) is 9.48 Å². The fourth-order valence-corrected chi connectivity index (χ4v) is 1.77. The number of nitrogens with one attached hydrogen (secondary N) is 1. The van der Waals surface area contributed by atoms with Gasteiger partial charge in [0.15, 0.2) is 0 Å². The Balaban J connectivity index is 2.38. The lowest BCUT2D eigenvalue weighted by molar-refractivity contribution is -0.137. The van der Waals surface area contributed by atoms with Gasteiger partial charge in [-0.15, -0.1) is 5.10 Å². The summed E-state index contributed by atoms with van der Waals surface area (Å²) in [5, 5.41) is 15.3. The Kier molecular flexibility index (Phi) is 5.95. The smallest absolute Gasteiger partial charge is 0.346 e. The summed E-state index contributed by atoms with van der Waals surface area (Å²) in [6.07, 6.45) is 3.39. The highest BCUT2D eigenvalue weighted by Gasteiger charge is 2.07. The number of aromatic nitrogens is 3. The van der Waals surface area contributed by atoms with E-state index in [9.17, 15) is 14.4 Å². The average molecular weight is 284 g/mol. The zero-order chi connectivity index (χ0) is 15.1. The first kappa shape index (κ1) is 15.9. The van der Waals surface area contributed by atoms with Crippen LogP contribution in [0, 0.1) is 0 Å². The van der Waals surface area contributed by atoms with Gasteiger partial charge in [0, 0.05) is 27.1 Å². The highest BCUT2D eigenvalue weighted by atomic mass is 16.4. The van der Waals surface area contributed by atoms with Gasteiger partial charge in [-0.1, -0.05) is 12.8 Å². The lowest BCUT2D eigenvalue weighted by Gasteiger charge is -2.07. The number of hydrogen-bond acceptors (Lipinski definition) is 5. The SMILES string of the molecule is Cn1nc(NCCCCCCC(=O)O)c(=O)n(C)c1=O. The average Bonchev–Trinajstić information content (AvgIpc) is 2.40. The van der Waals surface area contributed by atoms with Crippen molar-refractivity contribution in [3.63, 3.8) is 0 Å². The van der Waals surface area contributed by atoms with Gasteiger partial charge in [-0.05, 0) is 12.8 Å². The number of hydrogen-bond donors (Lipinski definition) is 2. The van der Waals surface area contributed by atoms with Gasteiger partial charge in [0.1, 0.15) is 0 Å². The quantitative estimate of drug-likeness (QED) is 0.647. The van der Waals surface area contributed by atoms with E-state index in [0.717, 1.165) is 28.5 Å². The number of aryl methyl sites for hydroxylation is 1. The van der Waals surface area contributed by atoms with Crippen LogP contribution in [0.5, 0.6) is 0 Å². The number of carboxylic acid groups (broad SMARTS) is 1. The summed E-state index contributed by atoms with van der Waals surface area (Å²) in [7, 11) is 2.89. The first-order valence-corrected chi connectivity index (χ1v) is 6.53. The molecule has 0 amide bonds. The molecular weight excluding hydrogens is 264 g/mol. The van der Waals surface area contributed by atoms with Crippen molar-refractivity contribution >= 4 is 11.8 Å². The molecule has 0 aromatic carbocycles. The van der Waals surface area contributed by atoms with Crippen LogP contribution in [-0.2, 0) is 18.9 Å². The van der Waals surface area contributed by atoms with E-state index in [0.29, 0.717) is 13.0 Å². The lowest BCUT2D eigenvalue weighted by atomic mass is 10.1. The molecule has 0 aliphatic rings. The molecule has 0 aliphatic heterocycles. The van der Waals surface area contributed by atoms with Gasteiger partial charge >= 0.3 is 11.7 Å². The Hall–Kier alpha value is -2.12. The predicted molar refractivity (Wildman–Crippen MR) is 73.9 cm³/mol. The lowest BCUT2D eigenvalue weighted by Crippen LogP contribution is -2.40. The molecule has 1 aromatic rings. The summed E-state index contributed by atoms with van der Waals surface area (Å²) in [6.45, 7) is 0.563. The number of anilines is 1. The van der Waals surface area contributed by atoms with E-state index in [1.165, 1.54) is 14.1 Å². The maximum absolute atomic E-state index is 11.7. The summed E-state index contributed by atoms with van der Waals surface area (Å²) >= 11 is 0. The van der Waals surface area contributed by atoms with Gasteiger partial charge in [-0.2, -0.15) is 0 Å². The molecule has 0 unspecified atom stereocenters. The number of nitrogens with zero attached hydrogens (tertiary/aromatic N) is 3. The molecule has 8 heteroatoms. The van der Waals surface area contributed by atoms with Gasteiger partial charge < -0.3 is 10.4 Å². The molecule has 0 saturated carbocycles. The molecule has 0 radical (unpaired) electrons. The maximum Gasteiger partial charge on any atom is 0.346 e. The number of unbranched alkanes of at least 4 members (excludes halogenated alkanes) is 3. The Morgan fingerprint density at radius 1 is 1.20 bits per heavy atom. The number of aliphatic carboxylic acids is 1. The molecule has 0 aliphatic carbocycles. The van der Waals surface area contributed by atoms with Crippen molar-refractivity contribution in [2.45, 2.75) is 32.1 Å². The molecule has 8 nitrogen and oxygen atoms in total. The molecule has 0 saturated heterocycles. The van der Waals surface area contributed by atoms with Crippen LogP contribution in [-0.4, -0.2) is 32.0 Å². The van der Waals surface area contributed by atoms with Crippen molar-refractivity contribution in [3.05, 3.63) is 20.8 Å². The van der Waals surface area contributed by atoms with Crippen molar-refractivity contribution in [1.29, 1.82) is 0 Å². The molecule has 0 atom stereocenters. The van der Waals surface area contributed by atoms with Crippen molar-refractivity contribution in [2.24, 2.45) is 14.1 Å². The summed E-state index contributed by atoms with van der Waals surface area (Å²) in [6, 6.07) is 0. The summed E-state index contributed by atoms with van der Waals surface area (Å²) in [5.41, 5.74) is -0.909. The van der Waals surface area contributed by atoms with Crippen LogP contribution in [0.3, 0.4) is 0 Å². The highest BCUT2D eigenvalue weighted by Crippen LogP contribution is 2.03. The molecule has 0 bridgehead atoms. The van der Waals surface area contributed by atoms with Crippen LogP contribution in [0.25, 0.3) is 0 Å². The third-order valence-electron chi connectivity index (χ3n) is 2.93. The van der Waals surface area contributed by atoms with Gasteiger partial charge in [-0.3, -0.25) is 14.2 Å². The summed E-state index contributed by atoms with van der Waals surface area (Å²) in [5.74, 6) is -0.624. The van der Waals surface area contributed by atoms with Crippen LogP contribution in [0.15, 0.2) is 9.59 Å². The second-order valence-corrected chi connectivity index (χ2v) is 4.60. The molecule has 1 rings (SSSR count). The highest BCUT2D eigenvalue weighted by molar-refractivity contribution is 5.66. The molecule has 1 heterocycles. The van der Waals surface area contributed by atoms with Gasteiger partial charge in [0.25, 0.3) is 5.56 Å². The van der Waals surface area contributed by atoms with E-state index < -0.39 is 17.2 Å². The fourth-order valence-electron chi connectivity index (χ4n) is 1.77.